The zero-order chi connectivity index (χ0) is 17.9. The van der Waals surface area contributed by atoms with E-state index in [9.17, 15) is 0 Å². The Kier molecular flexibility index (Phi) is 4.75. The lowest BCUT2D eigenvalue weighted by atomic mass is 9.87. The van der Waals surface area contributed by atoms with Crippen molar-refractivity contribution in [3.63, 3.8) is 0 Å². The predicted molar refractivity (Wildman–Crippen MR) is 105 cm³/mol. The number of hydrogen-bond acceptors (Lipinski definition) is 2. The van der Waals surface area contributed by atoms with E-state index < -0.39 is 0 Å². The summed E-state index contributed by atoms with van der Waals surface area (Å²) in [6.07, 6.45) is 3.93. The van der Waals surface area contributed by atoms with Gasteiger partial charge in [-0.1, -0.05) is 32.9 Å². The molecule has 0 bridgehead atoms. The van der Waals surface area contributed by atoms with Crippen LogP contribution in [0.2, 0.25) is 0 Å². The Hall–Kier alpha value is -2.81. The van der Waals surface area contributed by atoms with Crippen molar-refractivity contribution in [3.05, 3.63) is 78.1 Å². The van der Waals surface area contributed by atoms with Crippen LogP contribution in [0.15, 0.2) is 71.9 Å². The second-order valence-corrected chi connectivity index (χ2v) is 7.06. The maximum Gasteiger partial charge on any atom is 0.119 e. The summed E-state index contributed by atoms with van der Waals surface area (Å²) >= 11 is 0. The molecule has 0 spiro atoms. The lowest BCUT2D eigenvalue weighted by Gasteiger charge is -2.18. The molecule has 0 saturated carbocycles. The maximum absolute atomic E-state index is 5.22. The van der Waals surface area contributed by atoms with E-state index in [0.717, 1.165) is 22.8 Å². The quantitative estimate of drug-likeness (QED) is 0.577. The molecule has 3 aromatic rings. The average molecular weight is 332 g/mol. The molecule has 0 N–H and O–H groups in total. The minimum absolute atomic E-state index is 0.158. The smallest absolute Gasteiger partial charge is 0.119 e. The first-order valence-electron chi connectivity index (χ1n) is 8.44. The zero-order valence-electron chi connectivity index (χ0n) is 15.2. The third-order valence-corrected chi connectivity index (χ3v) is 4.21. The molecule has 0 saturated heterocycles. The normalized spacial score (nSPS) is 11.8. The monoisotopic (exact) mass is 332 g/mol. The molecule has 25 heavy (non-hydrogen) atoms. The number of rotatable bonds is 4. The van der Waals surface area contributed by atoms with Crippen molar-refractivity contribution in [2.24, 2.45) is 4.99 Å². The van der Waals surface area contributed by atoms with Gasteiger partial charge in [-0.25, -0.2) is 0 Å². The van der Waals surface area contributed by atoms with Crippen LogP contribution in [0.1, 0.15) is 32.0 Å². The average Bonchev–Trinajstić information content (AvgIpc) is 3.08. The molecule has 1 aromatic heterocycles. The molecule has 2 aromatic carbocycles. The van der Waals surface area contributed by atoms with Crippen LogP contribution in [0, 0.1) is 0 Å². The lowest BCUT2D eigenvalue weighted by Crippen LogP contribution is -2.10. The summed E-state index contributed by atoms with van der Waals surface area (Å²) in [6.45, 7) is 6.65. The van der Waals surface area contributed by atoms with E-state index in [1.807, 2.05) is 42.7 Å². The summed E-state index contributed by atoms with van der Waals surface area (Å²) in [4.78, 5) is 4.62. The number of aromatic nitrogens is 1. The Balaban J connectivity index is 1.81. The minimum Gasteiger partial charge on any atom is -0.497 e. The van der Waals surface area contributed by atoms with E-state index in [0.29, 0.717) is 0 Å². The van der Waals surface area contributed by atoms with Crippen molar-refractivity contribution in [2.75, 3.05) is 7.11 Å². The number of methoxy groups -OCH3 is 1. The highest BCUT2D eigenvalue weighted by atomic mass is 16.5. The summed E-state index contributed by atoms with van der Waals surface area (Å²) in [7, 11) is 1.67. The van der Waals surface area contributed by atoms with E-state index in [1.54, 1.807) is 7.11 Å². The highest BCUT2D eigenvalue weighted by molar-refractivity contribution is 5.81. The van der Waals surface area contributed by atoms with Gasteiger partial charge in [0.25, 0.3) is 0 Å². The van der Waals surface area contributed by atoms with Crippen LogP contribution in [0.3, 0.4) is 0 Å². The van der Waals surface area contributed by atoms with Crippen LogP contribution >= 0.6 is 0 Å². The molecule has 3 nitrogen and oxygen atoms in total. The van der Waals surface area contributed by atoms with E-state index in [2.05, 4.69) is 60.7 Å². The number of nitrogens with zero attached hydrogens (tertiary/aromatic N) is 2. The summed E-state index contributed by atoms with van der Waals surface area (Å²) < 4.78 is 7.32. The summed E-state index contributed by atoms with van der Waals surface area (Å²) in [5.41, 5.74) is 4.54. The summed E-state index contributed by atoms with van der Waals surface area (Å²) in [5.74, 6) is 0.852. The molecule has 0 amide bonds. The van der Waals surface area contributed by atoms with Crippen LogP contribution in [-0.2, 0) is 5.41 Å². The highest BCUT2D eigenvalue weighted by Gasteiger charge is 2.12. The first-order valence-corrected chi connectivity index (χ1v) is 8.44. The molecule has 0 fully saturated rings. The Bertz CT molecular complexity index is 850. The number of benzene rings is 2. The second kappa shape index (κ2) is 6.98. The van der Waals surface area contributed by atoms with Gasteiger partial charge in [-0.2, -0.15) is 0 Å². The molecule has 1 heterocycles. The van der Waals surface area contributed by atoms with Crippen molar-refractivity contribution in [1.29, 1.82) is 0 Å². The fraction of sp³-hybridized carbons (Fsp3) is 0.227. The predicted octanol–water partition coefficient (Wildman–Crippen LogP) is 5.53. The topological polar surface area (TPSA) is 26.5 Å². The Morgan fingerprint density at radius 3 is 2.20 bits per heavy atom. The van der Waals surface area contributed by atoms with Crippen LogP contribution < -0.4 is 4.74 Å². The second-order valence-electron chi connectivity index (χ2n) is 7.06. The van der Waals surface area contributed by atoms with Crippen molar-refractivity contribution in [1.82, 2.24) is 4.57 Å². The lowest BCUT2D eigenvalue weighted by molar-refractivity contribution is 0.415. The minimum atomic E-state index is 0.158. The van der Waals surface area contributed by atoms with Gasteiger partial charge >= 0.3 is 0 Å². The van der Waals surface area contributed by atoms with Gasteiger partial charge in [0, 0.05) is 11.9 Å². The van der Waals surface area contributed by atoms with E-state index in [1.165, 1.54) is 5.56 Å². The van der Waals surface area contributed by atoms with Gasteiger partial charge in [0.05, 0.1) is 24.7 Å². The van der Waals surface area contributed by atoms with Crippen molar-refractivity contribution in [2.45, 2.75) is 26.2 Å². The van der Waals surface area contributed by atoms with Gasteiger partial charge in [-0.05, 0) is 59.5 Å². The maximum atomic E-state index is 5.22. The van der Waals surface area contributed by atoms with Crippen molar-refractivity contribution < 1.29 is 4.74 Å². The molecule has 0 aliphatic heterocycles. The molecule has 0 aliphatic rings. The van der Waals surface area contributed by atoms with Gasteiger partial charge in [0.2, 0.25) is 0 Å². The van der Waals surface area contributed by atoms with Gasteiger partial charge < -0.3 is 9.30 Å². The van der Waals surface area contributed by atoms with Crippen LogP contribution in [0.5, 0.6) is 5.75 Å². The molecular formula is C22H24N2O. The van der Waals surface area contributed by atoms with E-state index >= 15 is 0 Å². The fourth-order valence-electron chi connectivity index (χ4n) is 2.67. The molecule has 128 valence electrons. The van der Waals surface area contributed by atoms with E-state index in [-0.39, 0.29) is 5.41 Å². The third-order valence-electron chi connectivity index (χ3n) is 4.21. The van der Waals surface area contributed by atoms with E-state index in [4.69, 9.17) is 4.74 Å². The van der Waals surface area contributed by atoms with Crippen molar-refractivity contribution >= 4 is 11.9 Å². The van der Waals surface area contributed by atoms with Crippen LogP contribution in [0.25, 0.3) is 5.69 Å². The molecule has 0 atom stereocenters. The van der Waals surface area contributed by atoms with Gasteiger partial charge in [-0.3, -0.25) is 4.99 Å². The zero-order valence-corrected chi connectivity index (χ0v) is 15.2. The fourth-order valence-corrected chi connectivity index (χ4v) is 2.67. The number of hydrogen-bond donors (Lipinski definition) is 0. The van der Waals surface area contributed by atoms with Gasteiger partial charge in [0.15, 0.2) is 0 Å². The Labute approximate surface area is 149 Å². The molecule has 0 radical (unpaired) electrons. The number of aliphatic imine (C=N–C) groups is 1. The van der Waals surface area contributed by atoms with Gasteiger partial charge in [0.1, 0.15) is 5.75 Å². The third kappa shape index (κ3) is 4.00. The largest absolute Gasteiger partial charge is 0.497 e. The molecule has 3 heteroatoms. The first-order chi connectivity index (χ1) is 12.0. The first kappa shape index (κ1) is 17.0. The summed E-state index contributed by atoms with van der Waals surface area (Å²) in [6, 6.07) is 20.5. The van der Waals surface area contributed by atoms with Gasteiger partial charge in [-0.15, -0.1) is 0 Å². The van der Waals surface area contributed by atoms with Crippen LogP contribution in [-0.4, -0.2) is 17.9 Å². The SMILES string of the molecule is COc1ccc(-n2cccc2C=Nc2ccc(C(C)(C)C)cc2)cc1. The van der Waals surface area contributed by atoms with Crippen molar-refractivity contribution in [3.8, 4) is 11.4 Å². The molecule has 0 unspecified atom stereocenters. The molecular weight excluding hydrogens is 308 g/mol. The molecule has 0 aliphatic carbocycles. The highest BCUT2D eigenvalue weighted by Crippen LogP contribution is 2.24. The molecule has 3 rings (SSSR count). The Morgan fingerprint density at radius 1 is 0.920 bits per heavy atom. The standard InChI is InChI=1S/C22H24N2O/c1-22(2,3)17-7-9-18(10-8-17)23-16-20-6-5-15-24(20)19-11-13-21(25-4)14-12-19/h5-16H,1-4H3. The summed E-state index contributed by atoms with van der Waals surface area (Å²) in [5, 5.41) is 0. The van der Waals surface area contributed by atoms with Crippen LogP contribution in [0.4, 0.5) is 5.69 Å². The number of ether oxygens (including phenoxy) is 1. The Morgan fingerprint density at radius 2 is 1.60 bits per heavy atom.